The van der Waals surface area contributed by atoms with Crippen molar-refractivity contribution >= 4 is 32.6 Å². The second-order valence-corrected chi connectivity index (χ2v) is 27.9. The highest BCUT2D eigenvalue weighted by molar-refractivity contribution is 7.81. The summed E-state index contributed by atoms with van der Waals surface area (Å²) in [6.07, 6.45) is -28.1. The molecule has 5 saturated heterocycles. The number of cyclic esters (lactones) is 1. The summed E-state index contributed by atoms with van der Waals surface area (Å²) in [5.74, 6) is -0.948. The van der Waals surface area contributed by atoms with Crippen LogP contribution in [0.3, 0.4) is 0 Å². The fraction of sp³-hybridized carbons (Fsp3) is 0.889. The number of allylic oxidation sites excluding steroid dienone is 3. The SMILES string of the molecule is C=C(C)CCC[C@]1(C)OC(=O)[C@]23CC=C4[C@@H](CC[C@H]5C(C)(C)[C@@H](O[C@@H]6OC[C@@H](O)[C@H](O)[C@H]6O[C@@H]6O[C@H](COS(=O)(=O)[O-])[C@@H](O)[C@H](O[C@@H]7O[C@H](C)[C@@H](O[C@@H]8O[C@H](COS(=O)(=O)[O-])[C@@H](O)[C@H](OC)[C@H]8O)[C@H](O)[C@H]7O)[C@H]6O)CC[C@]45C)[C@]2(C)CC(=O)[C@@H]31. The highest BCUT2D eigenvalue weighted by atomic mass is 32.3. The van der Waals surface area contributed by atoms with Gasteiger partial charge in [0.05, 0.1) is 43.4 Å². The molecule has 3 saturated carbocycles. The first-order valence-corrected chi connectivity index (χ1v) is 31.2. The summed E-state index contributed by atoms with van der Waals surface area (Å²) in [5.41, 5.74) is -1.46. The van der Waals surface area contributed by atoms with Crippen LogP contribution >= 0.6 is 0 Å². The van der Waals surface area contributed by atoms with Crippen LogP contribution in [-0.4, -0.2) is 234 Å². The Balaban J connectivity index is 0.906. The van der Waals surface area contributed by atoms with Gasteiger partial charge in [-0.05, 0) is 100 Å². The highest BCUT2D eigenvalue weighted by Gasteiger charge is 2.79. The van der Waals surface area contributed by atoms with Crippen molar-refractivity contribution in [1.82, 2.24) is 0 Å². The molecule has 0 amide bonds. The predicted octanol–water partition coefficient (Wildman–Crippen LogP) is -1.24. The molecule has 0 radical (unpaired) electrons. The van der Waals surface area contributed by atoms with Crippen LogP contribution in [0.4, 0.5) is 0 Å². The summed E-state index contributed by atoms with van der Waals surface area (Å²) in [7, 11) is -9.66. The largest absolute Gasteiger partial charge is 0.726 e. The number of carbonyl (C=O) groups excluding carboxylic acids is 2. The number of hydrogen-bond acceptors (Lipinski definition) is 28. The van der Waals surface area contributed by atoms with E-state index < -0.39 is 197 Å². The number of carbonyl (C=O) groups is 2. The Kier molecular flexibility index (Phi) is 19.0. The molecule has 30 heteroatoms. The molecular formula is C54H82O28S2-2. The Hall–Kier alpha value is -2.32. The molecule has 9 aliphatic rings. The smallest absolute Gasteiger partial charge is 0.314 e. The molecule has 84 heavy (non-hydrogen) atoms. The van der Waals surface area contributed by atoms with Gasteiger partial charge in [0.15, 0.2) is 25.2 Å². The van der Waals surface area contributed by atoms with E-state index in [0.29, 0.717) is 38.5 Å². The van der Waals surface area contributed by atoms with Crippen molar-refractivity contribution < 1.29 is 132 Å². The molecule has 9 rings (SSSR count). The van der Waals surface area contributed by atoms with Crippen LogP contribution in [0.15, 0.2) is 23.8 Å². The summed E-state index contributed by atoms with van der Waals surface area (Å²) in [6, 6.07) is 0. The molecule has 5 aliphatic heterocycles. The first kappa shape index (κ1) is 66.1. The Bertz CT molecular complexity index is 2690. The van der Waals surface area contributed by atoms with E-state index in [1.165, 1.54) is 12.5 Å². The first-order chi connectivity index (χ1) is 39.0. The number of hydrogen-bond donors (Lipinski definition) is 8. The number of aliphatic hydroxyl groups excluding tert-OH is 8. The number of rotatable bonds is 19. The van der Waals surface area contributed by atoms with Gasteiger partial charge in [0, 0.05) is 13.5 Å². The van der Waals surface area contributed by atoms with Gasteiger partial charge < -0.3 is 97.3 Å². The molecule has 0 aromatic heterocycles. The quantitative estimate of drug-likeness (QED) is 0.0246. The van der Waals surface area contributed by atoms with Gasteiger partial charge >= 0.3 is 5.97 Å². The van der Waals surface area contributed by atoms with Crippen LogP contribution in [0.5, 0.6) is 0 Å². The van der Waals surface area contributed by atoms with Crippen molar-refractivity contribution in [2.75, 3.05) is 26.9 Å². The minimum Gasteiger partial charge on any atom is -0.726 e. The summed E-state index contributed by atoms with van der Waals surface area (Å²) in [6.45, 7) is 14.9. The Labute approximate surface area is 487 Å². The van der Waals surface area contributed by atoms with E-state index >= 15 is 0 Å². The van der Waals surface area contributed by atoms with Crippen molar-refractivity contribution in [3.63, 3.8) is 0 Å². The van der Waals surface area contributed by atoms with E-state index in [2.05, 4.69) is 48.7 Å². The van der Waals surface area contributed by atoms with E-state index in [1.807, 2.05) is 13.8 Å². The third-order valence-electron chi connectivity index (χ3n) is 20.3. The second-order valence-electron chi connectivity index (χ2n) is 25.8. The molecule has 0 unspecified atom stereocenters. The highest BCUT2D eigenvalue weighted by Crippen LogP contribution is 2.75. The lowest BCUT2D eigenvalue weighted by molar-refractivity contribution is -0.390. The van der Waals surface area contributed by atoms with Crippen LogP contribution < -0.4 is 0 Å². The zero-order chi connectivity index (χ0) is 61.8. The van der Waals surface area contributed by atoms with Gasteiger partial charge in [-0.15, -0.1) is 6.58 Å². The fourth-order valence-electron chi connectivity index (χ4n) is 16.1. The van der Waals surface area contributed by atoms with Gasteiger partial charge in [-0.1, -0.05) is 44.9 Å². The molecule has 8 N–H and O–H groups in total. The lowest BCUT2D eigenvalue weighted by atomic mass is 9.41. The average molecular weight is 1240 g/mol. The van der Waals surface area contributed by atoms with E-state index in [0.717, 1.165) is 25.5 Å². The third kappa shape index (κ3) is 11.9. The van der Waals surface area contributed by atoms with Crippen molar-refractivity contribution in [2.45, 2.75) is 235 Å². The maximum atomic E-state index is 14.4. The van der Waals surface area contributed by atoms with Crippen LogP contribution in [0.2, 0.25) is 0 Å². The fourth-order valence-corrected chi connectivity index (χ4v) is 16.7. The number of methoxy groups -OCH3 is 1. The maximum absolute atomic E-state index is 14.4. The van der Waals surface area contributed by atoms with E-state index in [9.17, 15) is 76.4 Å². The van der Waals surface area contributed by atoms with Crippen molar-refractivity contribution in [2.24, 2.45) is 39.4 Å². The third-order valence-corrected chi connectivity index (χ3v) is 21.1. The minimum absolute atomic E-state index is 0.0326. The van der Waals surface area contributed by atoms with E-state index in [1.54, 1.807) is 0 Å². The summed E-state index contributed by atoms with van der Waals surface area (Å²) in [4.78, 5) is 28.7. The van der Waals surface area contributed by atoms with Crippen LogP contribution in [-0.2, 0) is 86.1 Å². The Morgan fingerprint density at radius 2 is 1.29 bits per heavy atom. The van der Waals surface area contributed by atoms with Gasteiger partial charge in [0.25, 0.3) is 0 Å². The van der Waals surface area contributed by atoms with Crippen molar-refractivity contribution in [3.05, 3.63) is 23.8 Å². The van der Waals surface area contributed by atoms with Crippen LogP contribution in [0.25, 0.3) is 0 Å². The molecule has 0 aromatic carbocycles. The van der Waals surface area contributed by atoms with Gasteiger partial charge in [-0.25, -0.2) is 16.8 Å². The number of esters is 1. The predicted molar refractivity (Wildman–Crippen MR) is 278 cm³/mol. The lowest BCUT2D eigenvalue weighted by Gasteiger charge is -2.63. The molecule has 8 fully saturated rings. The zero-order valence-electron chi connectivity index (χ0n) is 48.1. The van der Waals surface area contributed by atoms with Gasteiger partial charge in [0.2, 0.25) is 20.8 Å². The summed E-state index contributed by atoms with van der Waals surface area (Å²) in [5, 5.41) is 90.5. The Morgan fingerprint density at radius 3 is 1.88 bits per heavy atom. The van der Waals surface area contributed by atoms with Gasteiger partial charge in [-0.2, -0.15) is 0 Å². The zero-order valence-corrected chi connectivity index (χ0v) is 49.7. The topological polar surface area (TPSA) is 421 Å². The maximum Gasteiger partial charge on any atom is 0.314 e. The standard InChI is InChI=1S/C54H84O28S2/c1-23(2)11-10-16-53(8)44-27(55)19-52(7)26-12-13-31-50(4,5)32(15-17-51(31,6)25(26)14-18-54(44,52)49(64)82-53)78-48-43(33(57)28(56)20-72-48)81-47-39(63)42(35(59)30(77-47)22-74-84(68,69)70)80-45-37(61)36(60)40(24(3)75-45)79-46-38(62)41(71-9)34(58)29(76-46)21-73-83(65,66)67/h14,24,26,28-48,56-63H,1,10-13,15-22H2,2-9H3,(H,65,66,67)(H,68,69,70)/p-2/t24-,26-,28-,29-,30-,31+,32+,33+,34-,35-,36-,37-,38-,39-,40-,41+,42+,43-,44-,45+,46+,47+,48+,51-,52+,53+,54-/m1/s1. The summed E-state index contributed by atoms with van der Waals surface area (Å²) < 4.78 is 136. The molecule has 1 spiro atoms. The van der Waals surface area contributed by atoms with Crippen LogP contribution in [0.1, 0.15) is 106 Å². The van der Waals surface area contributed by atoms with E-state index in [4.69, 9.17) is 47.4 Å². The molecule has 5 heterocycles. The average Bonchev–Trinajstić information content (AvgIpc) is 1.46. The van der Waals surface area contributed by atoms with Crippen molar-refractivity contribution in [1.29, 1.82) is 0 Å². The molecule has 27 atom stereocenters. The first-order valence-electron chi connectivity index (χ1n) is 28.5. The normalized spacial score (nSPS) is 48.5. The number of fused-ring (bicyclic) bond motifs is 4. The molecule has 28 nitrogen and oxygen atoms in total. The Morgan fingerprint density at radius 1 is 0.714 bits per heavy atom. The molecule has 480 valence electrons. The number of ketones is 1. The second kappa shape index (κ2) is 24.1. The van der Waals surface area contributed by atoms with Gasteiger partial charge in [0.1, 0.15) is 96.8 Å². The number of ether oxygens (including phenoxy) is 10. The van der Waals surface area contributed by atoms with Crippen molar-refractivity contribution in [3.8, 4) is 0 Å². The lowest BCUT2D eigenvalue weighted by Crippen LogP contribution is -2.67. The summed E-state index contributed by atoms with van der Waals surface area (Å²) >= 11 is 0. The molecule has 0 aromatic rings. The number of aliphatic hydroxyl groups is 8. The molecule has 4 aliphatic carbocycles. The van der Waals surface area contributed by atoms with E-state index in [-0.39, 0.29) is 30.0 Å². The van der Waals surface area contributed by atoms with Crippen LogP contribution in [0, 0.1) is 39.4 Å². The monoisotopic (exact) mass is 1240 g/mol. The van der Waals surface area contributed by atoms with Gasteiger partial charge in [-0.3, -0.25) is 18.0 Å². The minimum atomic E-state index is -5.46. The molecular weight excluding hydrogens is 1160 g/mol. The molecule has 0 bridgehead atoms. The number of Topliss-reactive ketones (excluding diaryl/α,β-unsaturated/α-hetero) is 1.